The van der Waals surface area contributed by atoms with Crippen LogP contribution in [0.5, 0.6) is 0 Å². The molecule has 8 nitrogen and oxygen atoms in total. The van der Waals surface area contributed by atoms with E-state index in [1.54, 1.807) is 20.9 Å². The summed E-state index contributed by atoms with van der Waals surface area (Å²) in [4.78, 5) is 33.1. The van der Waals surface area contributed by atoms with Crippen LogP contribution in [0.3, 0.4) is 0 Å². The first kappa shape index (κ1) is 24.3. The monoisotopic (exact) mass is 445 g/mol. The van der Waals surface area contributed by atoms with E-state index in [0.29, 0.717) is 36.1 Å². The van der Waals surface area contributed by atoms with E-state index in [2.05, 4.69) is 25.9 Å². The molecule has 2 rings (SSSR count). The molecule has 1 amide bonds. The Bertz CT molecular complexity index is 926. The van der Waals surface area contributed by atoms with Crippen LogP contribution in [0.4, 0.5) is 5.69 Å². The highest BCUT2D eigenvalue weighted by atomic mass is 32.1. The molecular weight excluding hydrogens is 414 g/mol. The van der Waals surface area contributed by atoms with Gasteiger partial charge in [0, 0.05) is 25.7 Å². The van der Waals surface area contributed by atoms with Crippen molar-refractivity contribution in [3.8, 4) is 0 Å². The molecule has 1 atom stereocenters. The lowest BCUT2D eigenvalue weighted by Gasteiger charge is -2.16. The van der Waals surface area contributed by atoms with Gasteiger partial charge in [-0.15, -0.1) is 11.3 Å². The lowest BCUT2D eigenvalue weighted by Crippen LogP contribution is -2.38. The van der Waals surface area contributed by atoms with E-state index in [1.807, 2.05) is 38.1 Å². The zero-order valence-corrected chi connectivity index (χ0v) is 19.6. The van der Waals surface area contributed by atoms with Crippen LogP contribution < -0.4 is 16.0 Å². The van der Waals surface area contributed by atoms with Gasteiger partial charge >= 0.3 is 5.97 Å². The molecule has 0 bridgehead atoms. The van der Waals surface area contributed by atoms with Crippen molar-refractivity contribution in [2.24, 2.45) is 4.99 Å². The van der Waals surface area contributed by atoms with E-state index in [4.69, 9.17) is 4.74 Å². The topological polar surface area (TPSA) is 105 Å². The number of aromatic nitrogens is 1. The van der Waals surface area contributed by atoms with Crippen molar-refractivity contribution in [1.29, 1.82) is 0 Å². The molecule has 0 saturated carbocycles. The average Bonchev–Trinajstić information content (AvgIpc) is 3.13. The largest absolute Gasteiger partial charge is 0.462 e. The maximum absolute atomic E-state index is 12.0. The smallest absolute Gasteiger partial charge is 0.350 e. The van der Waals surface area contributed by atoms with Crippen LogP contribution >= 0.6 is 11.3 Å². The van der Waals surface area contributed by atoms with Gasteiger partial charge in [-0.25, -0.2) is 9.78 Å². The fourth-order valence-electron chi connectivity index (χ4n) is 2.85. The first-order valence-electron chi connectivity index (χ1n) is 10.4. The second-order valence-electron chi connectivity index (χ2n) is 6.98. The average molecular weight is 446 g/mol. The van der Waals surface area contributed by atoms with Gasteiger partial charge in [0.25, 0.3) is 0 Å². The zero-order valence-electron chi connectivity index (χ0n) is 18.7. The number of carbonyl (C=O) groups is 2. The van der Waals surface area contributed by atoms with Gasteiger partial charge in [0.1, 0.15) is 9.88 Å². The van der Waals surface area contributed by atoms with Gasteiger partial charge in [0.05, 0.1) is 18.3 Å². The minimum absolute atomic E-state index is 0.0137. The Kier molecular flexibility index (Phi) is 9.45. The number of aryl methyl sites for hydroxylation is 1. The third-order valence-electron chi connectivity index (χ3n) is 4.37. The lowest BCUT2D eigenvalue weighted by molar-refractivity contribution is -0.116. The molecule has 1 aromatic carbocycles. The zero-order chi connectivity index (χ0) is 22.8. The fraction of sp³-hybridized carbons (Fsp3) is 0.455. The number of rotatable bonds is 9. The molecule has 31 heavy (non-hydrogen) atoms. The van der Waals surface area contributed by atoms with Crippen LogP contribution in [0.15, 0.2) is 29.3 Å². The first-order chi connectivity index (χ1) is 14.9. The number of carbonyl (C=O) groups excluding carboxylic acids is 2. The maximum Gasteiger partial charge on any atom is 0.350 e. The summed E-state index contributed by atoms with van der Waals surface area (Å²) in [6.45, 7) is 8.39. The Morgan fingerprint density at radius 1 is 1.29 bits per heavy atom. The number of benzene rings is 1. The van der Waals surface area contributed by atoms with Gasteiger partial charge in [-0.1, -0.05) is 19.1 Å². The number of guanidine groups is 1. The fourth-order valence-corrected chi connectivity index (χ4v) is 3.81. The number of hydrogen-bond donors (Lipinski definition) is 3. The van der Waals surface area contributed by atoms with Gasteiger partial charge in [0.2, 0.25) is 5.91 Å². The lowest BCUT2D eigenvalue weighted by atomic mass is 10.2. The standard InChI is InChI=1S/C22H31N5O3S/c1-6-9-18(28)27-17-11-8-10-16(12-17)13-24-22(23-5)26-15(4)20-25-14(3)19(31-20)21(29)30-7-2/h8,10-12,15H,6-7,9,13H2,1-5H3,(H,27,28)(H2,23,24,26). The molecule has 1 unspecified atom stereocenters. The second kappa shape index (κ2) is 12.0. The molecule has 2 aromatic rings. The van der Waals surface area contributed by atoms with Crippen molar-refractivity contribution < 1.29 is 14.3 Å². The Morgan fingerprint density at radius 3 is 2.74 bits per heavy atom. The van der Waals surface area contributed by atoms with Crippen molar-refractivity contribution in [2.75, 3.05) is 19.0 Å². The van der Waals surface area contributed by atoms with Crippen LogP contribution in [-0.4, -0.2) is 36.5 Å². The number of anilines is 1. The molecular formula is C22H31N5O3S. The first-order valence-corrected chi connectivity index (χ1v) is 11.2. The summed E-state index contributed by atoms with van der Waals surface area (Å²) in [6.07, 6.45) is 1.32. The Morgan fingerprint density at radius 2 is 2.06 bits per heavy atom. The summed E-state index contributed by atoms with van der Waals surface area (Å²) in [5, 5.41) is 10.2. The minimum atomic E-state index is -0.343. The summed E-state index contributed by atoms with van der Waals surface area (Å²) in [5.74, 6) is 0.280. The Balaban J connectivity index is 1.96. The summed E-state index contributed by atoms with van der Waals surface area (Å²) in [6, 6.07) is 7.56. The number of nitrogens with zero attached hydrogens (tertiary/aromatic N) is 2. The van der Waals surface area contributed by atoms with Crippen LogP contribution in [-0.2, 0) is 16.1 Å². The van der Waals surface area contributed by atoms with Crippen molar-refractivity contribution in [1.82, 2.24) is 15.6 Å². The van der Waals surface area contributed by atoms with Crippen LogP contribution in [0.25, 0.3) is 0 Å². The molecule has 0 aliphatic rings. The summed E-state index contributed by atoms with van der Waals surface area (Å²) >= 11 is 1.32. The molecule has 0 saturated heterocycles. The van der Waals surface area contributed by atoms with Gasteiger partial charge < -0.3 is 20.7 Å². The number of nitrogens with one attached hydrogen (secondary N) is 3. The van der Waals surface area contributed by atoms with Gasteiger partial charge in [-0.2, -0.15) is 0 Å². The summed E-state index contributed by atoms with van der Waals surface area (Å²) in [7, 11) is 1.70. The number of aliphatic imine (C=N–C) groups is 1. The highest BCUT2D eigenvalue weighted by molar-refractivity contribution is 7.13. The number of amides is 1. The number of thiazole rings is 1. The van der Waals surface area contributed by atoms with E-state index in [-0.39, 0.29) is 17.9 Å². The van der Waals surface area contributed by atoms with Crippen LogP contribution in [0.2, 0.25) is 0 Å². The molecule has 1 heterocycles. The van der Waals surface area contributed by atoms with E-state index in [9.17, 15) is 9.59 Å². The molecule has 0 aliphatic carbocycles. The maximum atomic E-state index is 12.0. The van der Waals surface area contributed by atoms with Gasteiger partial charge in [-0.05, 0) is 44.9 Å². The van der Waals surface area contributed by atoms with Crippen molar-refractivity contribution in [3.05, 3.63) is 45.4 Å². The van der Waals surface area contributed by atoms with E-state index in [1.165, 1.54) is 11.3 Å². The molecule has 9 heteroatoms. The Hall–Kier alpha value is -2.94. The summed E-state index contributed by atoms with van der Waals surface area (Å²) < 4.78 is 5.09. The highest BCUT2D eigenvalue weighted by Gasteiger charge is 2.20. The van der Waals surface area contributed by atoms with Crippen LogP contribution in [0, 0.1) is 6.92 Å². The second-order valence-corrected chi connectivity index (χ2v) is 8.01. The molecule has 168 valence electrons. The van der Waals surface area contributed by atoms with Crippen LogP contribution in [0.1, 0.15) is 65.6 Å². The molecule has 0 spiro atoms. The molecule has 0 aliphatic heterocycles. The molecule has 0 radical (unpaired) electrons. The quantitative estimate of drug-likeness (QED) is 0.308. The molecule has 3 N–H and O–H groups in total. The summed E-state index contributed by atoms with van der Waals surface area (Å²) in [5.41, 5.74) is 2.45. The number of esters is 1. The van der Waals surface area contributed by atoms with E-state index in [0.717, 1.165) is 22.7 Å². The normalized spacial score (nSPS) is 12.2. The third-order valence-corrected chi connectivity index (χ3v) is 5.69. The van der Waals surface area contributed by atoms with E-state index < -0.39 is 0 Å². The Labute approximate surface area is 187 Å². The number of hydrogen-bond acceptors (Lipinski definition) is 6. The van der Waals surface area contributed by atoms with Crippen molar-refractivity contribution in [3.63, 3.8) is 0 Å². The predicted molar refractivity (Wildman–Crippen MR) is 125 cm³/mol. The number of ether oxygens (including phenoxy) is 1. The molecule has 0 fully saturated rings. The third kappa shape index (κ3) is 7.36. The molecule has 1 aromatic heterocycles. The van der Waals surface area contributed by atoms with Crippen molar-refractivity contribution >= 4 is 34.9 Å². The van der Waals surface area contributed by atoms with E-state index >= 15 is 0 Å². The van der Waals surface area contributed by atoms with Gasteiger partial charge in [0.15, 0.2) is 5.96 Å². The van der Waals surface area contributed by atoms with Gasteiger partial charge in [-0.3, -0.25) is 9.79 Å². The minimum Gasteiger partial charge on any atom is -0.462 e. The predicted octanol–water partition coefficient (Wildman–Crippen LogP) is 3.79. The highest BCUT2D eigenvalue weighted by Crippen LogP contribution is 2.24. The SMILES string of the molecule is CCCC(=O)Nc1cccc(CNC(=NC)NC(C)c2nc(C)c(C(=O)OCC)s2)c1. The van der Waals surface area contributed by atoms with Crippen molar-refractivity contribution in [2.45, 2.75) is 53.1 Å².